The first-order valence-electron chi connectivity index (χ1n) is 5.83. The minimum Gasteiger partial charge on any atom is -0.271 e. The van der Waals surface area contributed by atoms with Crippen LogP contribution in [0.5, 0.6) is 0 Å². The molecule has 3 N–H and O–H groups in total. The van der Waals surface area contributed by atoms with E-state index < -0.39 is 0 Å². The molecule has 17 heavy (non-hydrogen) atoms. The zero-order valence-corrected chi connectivity index (χ0v) is 11.8. The predicted octanol–water partition coefficient (Wildman–Crippen LogP) is 3.43. The third-order valence-corrected chi connectivity index (χ3v) is 5.14. The van der Waals surface area contributed by atoms with E-state index in [0.717, 1.165) is 12.8 Å². The van der Waals surface area contributed by atoms with Crippen molar-refractivity contribution in [2.24, 2.45) is 5.84 Å². The van der Waals surface area contributed by atoms with Crippen LogP contribution >= 0.6 is 22.7 Å². The summed E-state index contributed by atoms with van der Waals surface area (Å²) >= 11 is 3.70. The van der Waals surface area contributed by atoms with Gasteiger partial charge in [0, 0.05) is 25.9 Å². The number of hydrogen-bond donors (Lipinski definition) is 2. The molecule has 0 spiro atoms. The van der Waals surface area contributed by atoms with Crippen molar-refractivity contribution in [3.8, 4) is 0 Å². The van der Waals surface area contributed by atoms with E-state index in [1.807, 2.05) is 22.7 Å². The van der Waals surface area contributed by atoms with Crippen LogP contribution in [-0.4, -0.2) is 0 Å². The molecule has 0 fully saturated rings. The maximum absolute atomic E-state index is 5.66. The smallest absolute Gasteiger partial charge is 0.0601 e. The van der Waals surface area contributed by atoms with Crippen molar-refractivity contribution in [2.45, 2.75) is 32.7 Å². The monoisotopic (exact) mass is 266 g/mol. The largest absolute Gasteiger partial charge is 0.271 e. The first-order valence-corrected chi connectivity index (χ1v) is 7.46. The first-order chi connectivity index (χ1) is 8.22. The molecule has 0 saturated heterocycles. The van der Waals surface area contributed by atoms with Crippen LogP contribution in [0.4, 0.5) is 0 Å². The van der Waals surface area contributed by atoms with E-state index in [9.17, 15) is 0 Å². The van der Waals surface area contributed by atoms with E-state index in [0.29, 0.717) is 0 Å². The van der Waals surface area contributed by atoms with Gasteiger partial charge in [0.25, 0.3) is 0 Å². The van der Waals surface area contributed by atoms with Gasteiger partial charge < -0.3 is 0 Å². The van der Waals surface area contributed by atoms with Crippen LogP contribution in [0, 0.1) is 6.92 Å². The van der Waals surface area contributed by atoms with Crippen LogP contribution in [-0.2, 0) is 12.8 Å². The van der Waals surface area contributed by atoms with Gasteiger partial charge in [-0.3, -0.25) is 11.3 Å². The third-order valence-electron chi connectivity index (χ3n) is 2.78. The normalized spacial score (nSPS) is 12.9. The zero-order chi connectivity index (χ0) is 12.3. The van der Waals surface area contributed by atoms with Crippen molar-refractivity contribution in [1.82, 2.24) is 5.43 Å². The quantitative estimate of drug-likeness (QED) is 0.643. The molecule has 0 aromatic carbocycles. The van der Waals surface area contributed by atoms with Gasteiger partial charge in [-0.2, -0.15) is 0 Å². The lowest BCUT2D eigenvalue weighted by Crippen LogP contribution is -2.28. The minimum atomic E-state index is 0.233. The summed E-state index contributed by atoms with van der Waals surface area (Å²) in [6.45, 7) is 4.32. The number of rotatable bonds is 5. The molecule has 2 rings (SSSR count). The topological polar surface area (TPSA) is 38.0 Å². The molecule has 0 aliphatic carbocycles. The fraction of sp³-hybridized carbons (Fsp3) is 0.385. The maximum atomic E-state index is 5.66. The molecule has 0 bridgehead atoms. The van der Waals surface area contributed by atoms with E-state index in [2.05, 4.69) is 43.5 Å². The van der Waals surface area contributed by atoms with Crippen molar-refractivity contribution < 1.29 is 0 Å². The van der Waals surface area contributed by atoms with Crippen LogP contribution < -0.4 is 11.3 Å². The summed E-state index contributed by atoms with van der Waals surface area (Å²) in [4.78, 5) is 5.49. The molecule has 0 aliphatic heterocycles. The molecule has 0 aliphatic rings. The van der Waals surface area contributed by atoms with Crippen LogP contribution in [0.2, 0.25) is 0 Å². The highest BCUT2D eigenvalue weighted by Crippen LogP contribution is 2.27. The molecule has 2 aromatic heterocycles. The van der Waals surface area contributed by atoms with Crippen LogP contribution in [0.25, 0.3) is 0 Å². The van der Waals surface area contributed by atoms with Gasteiger partial charge in [0.2, 0.25) is 0 Å². The van der Waals surface area contributed by atoms with Crippen molar-refractivity contribution in [1.29, 1.82) is 0 Å². The second kappa shape index (κ2) is 5.78. The number of nitrogens with two attached hydrogens (primary N) is 1. The summed E-state index contributed by atoms with van der Waals surface area (Å²) < 4.78 is 0. The molecule has 1 unspecified atom stereocenters. The Balaban J connectivity index is 2.09. The number of thiophene rings is 2. The lowest BCUT2D eigenvalue weighted by molar-refractivity contribution is 0.564. The molecule has 0 saturated carbocycles. The van der Waals surface area contributed by atoms with E-state index in [1.165, 1.54) is 19.5 Å². The summed E-state index contributed by atoms with van der Waals surface area (Å²) in [5.41, 5.74) is 2.92. The molecule has 4 heteroatoms. The highest BCUT2D eigenvalue weighted by molar-refractivity contribution is 7.12. The van der Waals surface area contributed by atoms with E-state index in [1.54, 1.807) is 0 Å². The SMILES string of the molecule is CCc1ccc(CC(NN)c2ccc(C)s2)s1. The van der Waals surface area contributed by atoms with Gasteiger partial charge in [-0.15, -0.1) is 22.7 Å². The zero-order valence-electron chi connectivity index (χ0n) is 10.2. The van der Waals surface area contributed by atoms with Crippen LogP contribution in [0.3, 0.4) is 0 Å². The van der Waals surface area contributed by atoms with Gasteiger partial charge in [0.05, 0.1) is 6.04 Å². The van der Waals surface area contributed by atoms with Gasteiger partial charge in [-0.25, -0.2) is 0 Å². The Morgan fingerprint density at radius 2 is 1.94 bits per heavy atom. The number of hydrazine groups is 1. The summed E-state index contributed by atoms with van der Waals surface area (Å²) in [6, 6.07) is 8.98. The molecule has 2 aromatic rings. The highest BCUT2D eigenvalue weighted by Gasteiger charge is 2.13. The second-order valence-electron chi connectivity index (χ2n) is 4.09. The predicted molar refractivity (Wildman–Crippen MR) is 76.5 cm³/mol. The highest BCUT2D eigenvalue weighted by atomic mass is 32.1. The summed E-state index contributed by atoms with van der Waals surface area (Å²) in [6.07, 6.45) is 2.09. The van der Waals surface area contributed by atoms with Gasteiger partial charge >= 0.3 is 0 Å². The summed E-state index contributed by atoms with van der Waals surface area (Å²) in [5, 5.41) is 0. The Morgan fingerprint density at radius 3 is 2.47 bits per heavy atom. The van der Waals surface area contributed by atoms with Crippen molar-refractivity contribution in [2.75, 3.05) is 0 Å². The summed E-state index contributed by atoms with van der Waals surface area (Å²) in [7, 11) is 0. The van der Waals surface area contributed by atoms with Crippen molar-refractivity contribution in [3.63, 3.8) is 0 Å². The van der Waals surface area contributed by atoms with E-state index in [-0.39, 0.29) is 6.04 Å². The molecule has 0 radical (unpaired) electrons. The molecule has 92 valence electrons. The van der Waals surface area contributed by atoms with Crippen molar-refractivity contribution >= 4 is 22.7 Å². The standard InChI is InChI=1S/C13H18N2S2/c1-3-10-5-6-11(17-10)8-12(15-14)13-7-4-9(2)16-13/h4-7,12,15H,3,8,14H2,1-2H3. The number of hydrogen-bond acceptors (Lipinski definition) is 4. The fourth-order valence-electron chi connectivity index (χ4n) is 1.81. The average molecular weight is 266 g/mol. The Kier molecular flexibility index (Phi) is 4.34. The van der Waals surface area contributed by atoms with Gasteiger partial charge in [-0.1, -0.05) is 6.92 Å². The van der Waals surface area contributed by atoms with E-state index in [4.69, 9.17) is 5.84 Å². The fourth-order valence-corrected chi connectivity index (χ4v) is 3.75. The Morgan fingerprint density at radius 1 is 1.18 bits per heavy atom. The van der Waals surface area contributed by atoms with Crippen molar-refractivity contribution in [3.05, 3.63) is 43.8 Å². The lowest BCUT2D eigenvalue weighted by Gasteiger charge is -2.12. The molecular formula is C13H18N2S2. The molecule has 0 amide bonds. The Hall–Kier alpha value is -0.680. The average Bonchev–Trinajstić information content (AvgIpc) is 2.94. The maximum Gasteiger partial charge on any atom is 0.0601 e. The number of aryl methyl sites for hydroxylation is 2. The minimum absolute atomic E-state index is 0.233. The van der Waals surface area contributed by atoms with Crippen LogP contribution in [0.15, 0.2) is 24.3 Å². The van der Waals surface area contributed by atoms with Gasteiger partial charge in [0.15, 0.2) is 0 Å². The second-order valence-corrected chi connectivity index (χ2v) is 6.67. The molecular weight excluding hydrogens is 248 g/mol. The summed E-state index contributed by atoms with van der Waals surface area (Å²) in [5.74, 6) is 5.66. The van der Waals surface area contributed by atoms with Gasteiger partial charge in [0.1, 0.15) is 0 Å². The van der Waals surface area contributed by atoms with Crippen LogP contribution in [0.1, 0.15) is 32.5 Å². The Bertz CT molecular complexity index is 473. The first kappa shape index (κ1) is 12.8. The molecule has 2 heterocycles. The van der Waals surface area contributed by atoms with Gasteiger partial charge in [-0.05, 0) is 37.6 Å². The van der Waals surface area contributed by atoms with E-state index >= 15 is 0 Å². The molecule has 2 nitrogen and oxygen atoms in total. The Labute approximate surface area is 110 Å². The lowest BCUT2D eigenvalue weighted by atomic mass is 10.1. The third kappa shape index (κ3) is 3.16. The molecule has 1 atom stereocenters. The number of nitrogens with one attached hydrogen (secondary N) is 1.